The van der Waals surface area contributed by atoms with Crippen LogP contribution in [0.1, 0.15) is 33.4 Å². The molecule has 3 aromatic carbocycles. The zero-order valence-corrected chi connectivity index (χ0v) is 19.1. The highest BCUT2D eigenvalue weighted by Gasteiger charge is 2.11. The standard InChI is InChI=1S/C30H32O3/c1-4-24-7-13-27(14-8-24)19-31-22-30(33-21-29-17-11-26(6-3)12-18-29)23-32-20-28-15-9-25(5-2)10-16-28/h4-18,30H,1-3,19-23H2. The van der Waals surface area contributed by atoms with Crippen LogP contribution < -0.4 is 0 Å². The normalized spacial score (nSPS) is 10.8. The van der Waals surface area contributed by atoms with Gasteiger partial charge in [-0.1, -0.05) is 111 Å². The zero-order valence-electron chi connectivity index (χ0n) is 19.1. The lowest BCUT2D eigenvalue weighted by Crippen LogP contribution is -2.25. The van der Waals surface area contributed by atoms with Crippen LogP contribution in [0.4, 0.5) is 0 Å². The SMILES string of the molecule is C=Cc1ccc(COCC(COCc2ccc(C=C)cc2)OCc2ccc(C=C)cc2)cc1. The molecule has 0 atom stereocenters. The molecule has 0 N–H and O–H groups in total. The van der Waals surface area contributed by atoms with Crippen LogP contribution in [-0.4, -0.2) is 19.3 Å². The van der Waals surface area contributed by atoms with E-state index in [1.54, 1.807) is 0 Å². The predicted octanol–water partition coefficient (Wildman–Crippen LogP) is 6.93. The molecule has 0 spiro atoms. The molecule has 0 heterocycles. The minimum Gasteiger partial charge on any atom is -0.374 e. The Morgan fingerprint density at radius 1 is 0.515 bits per heavy atom. The maximum Gasteiger partial charge on any atom is 0.105 e. The van der Waals surface area contributed by atoms with Crippen LogP contribution in [0.3, 0.4) is 0 Å². The Bertz CT molecular complexity index is 944. The fourth-order valence-electron chi connectivity index (χ4n) is 3.22. The van der Waals surface area contributed by atoms with Gasteiger partial charge < -0.3 is 14.2 Å². The summed E-state index contributed by atoms with van der Waals surface area (Å²) in [4.78, 5) is 0. The van der Waals surface area contributed by atoms with Crippen molar-refractivity contribution in [3.63, 3.8) is 0 Å². The molecule has 0 aromatic heterocycles. The van der Waals surface area contributed by atoms with Crippen molar-refractivity contribution < 1.29 is 14.2 Å². The second-order valence-electron chi connectivity index (χ2n) is 7.80. The van der Waals surface area contributed by atoms with E-state index in [1.807, 2.05) is 54.6 Å². The molecule has 0 aliphatic rings. The van der Waals surface area contributed by atoms with Gasteiger partial charge in [0, 0.05) is 0 Å². The molecule has 3 aromatic rings. The Balaban J connectivity index is 1.52. The monoisotopic (exact) mass is 440 g/mol. The molecule has 0 bridgehead atoms. The molecule has 33 heavy (non-hydrogen) atoms. The van der Waals surface area contributed by atoms with E-state index >= 15 is 0 Å². The summed E-state index contributed by atoms with van der Waals surface area (Å²) in [6.45, 7) is 13.8. The average Bonchev–Trinajstić information content (AvgIpc) is 2.88. The molecule has 0 unspecified atom stereocenters. The summed E-state index contributed by atoms with van der Waals surface area (Å²) in [5.41, 5.74) is 6.61. The van der Waals surface area contributed by atoms with Crippen molar-refractivity contribution in [1.82, 2.24) is 0 Å². The zero-order chi connectivity index (χ0) is 23.3. The fourth-order valence-corrected chi connectivity index (χ4v) is 3.22. The summed E-state index contributed by atoms with van der Waals surface area (Å²) in [6, 6.07) is 24.5. The molecule has 3 nitrogen and oxygen atoms in total. The third kappa shape index (κ3) is 8.32. The first kappa shape index (κ1) is 24.4. The molecule has 0 saturated carbocycles. The van der Waals surface area contributed by atoms with Crippen molar-refractivity contribution in [2.75, 3.05) is 13.2 Å². The minimum absolute atomic E-state index is 0.177. The molecule has 0 radical (unpaired) electrons. The van der Waals surface area contributed by atoms with Crippen molar-refractivity contribution in [3.05, 3.63) is 126 Å². The van der Waals surface area contributed by atoms with Gasteiger partial charge in [0.1, 0.15) is 6.10 Å². The smallest absolute Gasteiger partial charge is 0.105 e. The lowest BCUT2D eigenvalue weighted by atomic mass is 10.1. The van der Waals surface area contributed by atoms with Crippen LogP contribution in [0, 0.1) is 0 Å². The van der Waals surface area contributed by atoms with Gasteiger partial charge in [-0.15, -0.1) is 0 Å². The molecule has 0 aliphatic heterocycles. The third-order valence-corrected chi connectivity index (χ3v) is 5.28. The highest BCUT2D eigenvalue weighted by molar-refractivity contribution is 5.48. The van der Waals surface area contributed by atoms with Gasteiger partial charge in [-0.25, -0.2) is 0 Å². The van der Waals surface area contributed by atoms with E-state index in [1.165, 1.54) is 0 Å². The molecule has 0 amide bonds. The van der Waals surface area contributed by atoms with Crippen molar-refractivity contribution >= 4 is 18.2 Å². The second kappa shape index (κ2) is 13.3. The van der Waals surface area contributed by atoms with E-state index in [4.69, 9.17) is 14.2 Å². The van der Waals surface area contributed by atoms with Crippen LogP contribution in [0.5, 0.6) is 0 Å². The maximum atomic E-state index is 6.15. The van der Waals surface area contributed by atoms with Gasteiger partial charge in [0.15, 0.2) is 0 Å². The van der Waals surface area contributed by atoms with Crippen molar-refractivity contribution in [2.45, 2.75) is 25.9 Å². The van der Waals surface area contributed by atoms with E-state index < -0.39 is 0 Å². The van der Waals surface area contributed by atoms with Crippen LogP contribution in [0.25, 0.3) is 18.2 Å². The summed E-state index contributed by atoms with van der Waals surface area (Å²) in [5, 5.41) is 0. The first-order chi connectivity index (χ1) is 16.2. The lowest BCUT2D eigenvalue weighted by molar-refractivity contribution is -0.0729. The fraction of sp³-hybridized carbons (Fsp3) is 0.200. The third-order valence-electron chi connectivity index (χ3n) is 5.28. The minimum atomic E-state index is -0.177. The molecule has 170 valence electrons. The molecule has 0 saturated heterocycles. The summed E-state index contributed by atoms with van der Waals surface area (Å²) in [5.74, 6) is 0. The van der Waals surface area contributed by atoms with E-state index in [0.717, 1.165) is 33.4 Å². The molecular formula is C30H32O3. The highest BCUT2D eigenvalue weighted by atomic mass is 16.6. The predicted molar refractivity (Wildman–Crippen MR) is 137 cm³/mol. The Hall–Kier alpha value is -3.24. The van der Waals surface area contributed by atoms with Gasteiger partial charge in [-0.3, -0.25) is 0 Å². The first-order valence-electron chi connectivity index (χ1n) is 11.1. The Kier molecular flexibility index (Phi) is 9.86. The number of ether oxygens (including phenoxy) is 3. The Morgan fingerprint density at radius 2 is 0.848 bits per heavy atom. The lowest BCUT2D eigenvalue weighted by Gasteiger charge is -2.19. The van der Waals surface area contributed by atoms with Crippen LogP contribution >= 0.6 is 0 Å². The second-order valence-corrected chi connectivity index (χ2v) is 7.80. The van der Waals surface area contributed by atoms with E-state index in [0.29, 0.717) is 33.0 Å². The topological polar surface area (TPSA) is 27.7 Å². The van der Waals surface area contributed by atoms with Crippen molar-refractivity contribution in [1.29, 1.82) is 0 Å². The quantitative estimate of drug-likeness (QED) is 0.272. The number of hydrogen-bond acceptors (Lipinski definition) is 3. The largest absolute Gasteiger partial charge is 0.374 e. The van der Waals surface area contributed by atoms with E-state index in [2.05, 4.69) is 56.1 Å². The van der Waals surface area contributed by atoms with E-state index in [-0.39, 0.29) is 6.10 Å². The summed E-state index contributed by atoms with van der Waals surface area (Å²) in [7, 11) is 0. The highest BCUT2D eigenvalue weighted by Crippen LogP contribution is 2.12. The van der Waals surface area contributed by atoms with Crippen molar-refractivity contribution in [3.8, 4) is 0 Å². The van der Waals surface area contributed by atoms with Gasteiger partial charge >= 0.3 is 0 Å². The molecule has 3 heteroatoms. The summed E-state index contributed by atoms with van der Waals surface area (Å²) >= 11 is 0. The van der Waals surface area contributed by atoms with E-state index in [9.17, 15) is 0 Å². The van der Waals surface area contributed by atoms with Gasteiger partial charge in [0.25, 0.3) is 0 Å². The Morgan fingerprint density at radius 3 is 1.18 bits per heavy atom. The van der Waals surface area contributed by atoms with Crippen LogP contribution in [0.2, 0.25) is 0 Å². The number of rotatable bonds is 14. The molecule has 0 fully saturated rings. The van der Waals surface area contributed by atoms with Crippen molar-refractivity contribution in [2.24, 2.45) is 0 Å². The molecule has 3 rings (SSSR count). The van der Waals surface area contributed by atoms with Gasteiger partial charge in [0.05, 0.1) is 33.0 Å². The summed E-state index contributed by atoms with van der Waals surface area (Å²) < 4.78 is 18.1. The molecular weight excluding hydrogens is 408 g/mol. The van der Waals surface area contributed by atoms with Crippen LogP contribution in [-0.2, 0) is 34.0 Å². The Labute approximate surface area is 197 Å². The van der Waals surface area contributed by atoms with Crippen LogP contribution in [0.15, 0.2) is 92.5 Å². The number of benzene rings is 3. The number of hydrogen-bond donors (Lipinski definition) is 0. The first-order valence-corrected chi connectivity index (χ1v) is 11.1. The molecule has 0 aliphatic carbocycles. The van der Waals surface area contributed by atoms with Gasteiger partial charge in [-0.05, 0) is 33.4 Å². The average molecular weight is 441 g/mol. The maximum absolute atomic E-state index is 6.15. The van der Waals surface area contributed by atoms with Gasteiger partial charge in [0.2, 0.25) is 0 Å². The van der Waals surface area contributed by atoms with Gasteiger partial charge in [-0.2, -0.15) is 0 Å². The summed E-state index contributed by atoms with van der Waals surface area (Å²) in [6.07, 6.45) is 5.32.